The zero-order valence-corrected chi connectivity index (χ0v) is 11.9. The van der Waals surface area contributed by atoms with Gasteiger partial charge in [-0.05, 0) is 18.6 Å². The molecule has 3 nitrogen and oxygen atoms in total. The maximum Gasteiger partial charge on any atom is 0.132 e. The smallest absolute Gasteiger partial charge is 0.132 e. The SMILES string of the molecule is CCCCCCC1C[N+]([O-])(c2ccccc2)CCO1. The molecule has 106 valence electrons. The van der Waals surface area contributed by atoms with Crippen molar-refractivity contribution in [1.29, 1.82) is 0 Å². The average Bonchev–Trinajstić information content (AvgIpc) is 2.45. The second kappa shape index (κ2) is 7.04. The van der Waals surface area contributed by atoms with Gasteiger partial charge in [-0.1, -0.05) is 50.8 Å². The van der Waals surface area contributed by atoms with Crippen molar-refractivity contribution in [3.05, 3.63) is 35.5 Å². The molecule has 0 radical (unpaired) electrons. The molecule has 0 amide bonds. The number of hydroxylamine groups is 2. The highest BCUT2D eigenvalue weighted by molar-refractivity contribution is 5.43. The zero-order chi connectivity index (χ0) is 13.6. The van der Waals surface area contributed by atoms with Gasteiger partial charge in [0.1, 0.15) is 24.9 Å². The van der Waals surface area contributed by atoms with E-state index in [0.717, 1.165) is 12.1 Å². The van der Waals surface area contributed by atoms with Crippen LogP contribution in [0, 0.1) is 5.21 Å². The summed E-state index contributed by atoms with van der Waals surface area (Å²) in [7, 11) is 0. The second-order valence-electron chi connectivity index (χ2n) is 5.47. The van der Waals surface area contributed by atoms with Gasteiger partial charge < -0.3 is 14.6 Å². The molecule has 1 aliphatic heterocycles. The Hall–Kier alpha value is -0.900. The molecule has 0 aliphatic carbocycles. The van der Waals surface area contributed by atoms with E-state index in [4.69, 9.17) is 4.74 Å². The van der Waals surface area contributed by atoms with Gasteiger partial charge in [-0.3, -0.25) is 0 Å². The summed E-state index contributed by atoms with van der Waals surface area (Å²) in [6, 6.07) is 9.72. The van der Waals surface area contributed by atoms with Crippen LogP contribution in [0.25, 0.3) is 0 Å². The maximum atomic E-state index is 12.9. The van der Waals surface area contributed by atoms with Gasteiger partial charge in [-0.15, -0.1) is 0 Å². The van der Waals surface area contributed by atoms with Crippen molar-refractivity contribution in [1.82, 2.24) is 4.65 Å². The fourth-order valence-corrected chi connectivity index (χ4v) is 2.75. The van der Waals surface area contributed by atoms with E-state index in [1.165, 1.54) is 25.7 Å². The van der Waals surface area contributed by atoms with Gasteiger partial charge in [0.15, 0.2) is 0 Å². The lowest BCUT2D eigenvalue weighted by Crippen LogP contribution is -2.55. The van der Waals surface area contributed by atoms with Crippen LogP contribution in [0.4, 0.5) is 5.69 Å². The fraction of sp³-hybridized carbons (Fsp3) is 0.625. The molecule has 1 aromatic carbocycles. The Labute approximate surface area is 116 Å². The van der Waals surface area contributed by atoms with Crippen LogP contribution in [0.1, 0.15) is 39.0 Å². The van der Waals surface area contributed by atoms with E-state index in [0.29, 0.717) is 19.7 Å². The first-order valence-corrected chi connectivity index (χ1v) is 7.50. The Morgan fingerprint density at radius 3 is 2.74 bits per heavy atom. The highest BCUT2D eigenvalue weighted by Crippen LogP contribution is 2.26. The molecule has 1 fully saturated rings. The molecule has 1 saturated heterocycles. The standard InChI is InChI=1S/C16H25NO2/c1-2-3-4-8-11-16-14-17(18,12-13-19-16)15-9-6-5-7-10-15/h5-7,9-10,16H,2-4,8,11-14H2,1H3. The predicted octanol–water partition coefficient (Wildman–Crippen LogP) is 3.86. The number of benzene rings is 1. The Morgan fingerprint density at radius 1 is 1.21 bits per heavy atom. The Kier molecular flexibility index (Phi) is 5.37. The van der Waals surface area contributed by atoms with Crippen molar-refractivity contribution in [3.8, 4) is 0 Å². The first-order chi connectivity index (χ1) is 9.24. The number of rotatable bonds is 6. The molecule has 1 aliphatic rings. The van der Waals surface area contributed by atoms with Crippen LogP contribution in [0.15, 0.2) is 30.3 Å². The van der Waals surface area contributed by atoms with Crippen LogP contribution in [0.2, 0.25) is 0 Å². The van der Waals surface area contributed by atoms with E-state index in [2.05, 4.69) is 6.92 Å². The van der Waals surface area contributed by atoms with E-state index in [9.17, 15) is 5.21 Å². The number of hydrogen-bond donors (Lipinski definition) is 0. The molecule has 0 saturated carbocycles. The van der Waals surface area contributed by atoms with Gasteiger partial charge >= 0.3 is 0 Å². The summed E-state index contributed by atoms with van der Waals surface area (Å²) in [6.45, 7) is 3.90. The van der Waals surface area contributed by atoms with Crippen molar-refractivity contribution < 1.29 is 4.74 Å². The van der Waals surface area contributed by atoms with Gasteiger partial charge in [-0.2, -0.15) is 0 Å². The molecule has 1 heterocycles. The lowest BCUT2D eigenvalue weighted by Gasteiger charge is -2.47. The first kappa shape index (κ1) is 14.5. The molecule has 2 atom stereocenters. The maximum absolute atomic E-state index is 12.9. The molecule has 19 heavy (non-hydrogen) atoms. The lowest BCUT2D eigenvalue weighted by molar-refractivity contribution is -0.0152. The summed E-state index contributed by atoms with van der Waals surface area (Å²) in [4.78, 5) is 0. The molecule has 1 aromatic rings. The largest absolute Gasteiger partial charge is 0.627 e. The minimum Gasteiger partial charge on any atom is -0.627 e. The number of ether oxygens (including phenoxy) is 1. The fourth-order valence-electron chi connectivity index (χ4n) is 2.75. The summed E-state index contributed by atoms with van der Waals surface area (Å²) in [5, 5.41) is 12.9. The summed E-state index contributed by atoms with van der Waals surface area (Å²) in [6.07, 6.45) is 6.10. The number of unbranched alkanes of at least 4 members (excludes halogenated alkanes) is 3. The summed E-state index contributed by atoms with van der Waals surface area (Å²) in [5.74, 6) is 0. The van der Waals surface area contributed by atoms with Crippen molar-refractivity contribution in [3.63, 3.8) is 0 Å². The number of morpholine rings is 1. The van der Waals surface area contributed by atoms with E-state index in [1.807, 2.05) is 30.3 Å². The third-order valence-corrected chi connectivity index (χ3v) is 3.91. The molecule has 0 aromatic heterocycles. The predicted molar refractivity (Wildman–Crippen MR) is 79.8 cm³/mol. The molecule has 0 N–H and O–H groups in total. The molecule has 2 rings (SSSR count). The van der Waals surface area contributed by atoms with Gasteiger partial charge in [0, 0.05) is 0 Å². The third-order valence-electron chi connectivity index (χ3n) is 3.91. The minimum atomic E-state index is -0.223. The van der Waals surface area contributed by atoms with E-state index >= 15 is 0 Å². The molecule has 0 bridgehead atoms. The number of quaternary nitrogens is 1. The van der Waals surface area contributed by atoms with Crippen LogP contribution in [0.3, 0.4) is 0 Å². The van der Waals surface area contributed by atoms with Gasteiger partial charge in [-0.25, -0.2) is 0 Å². The molecular formula is C16H25NO2. The monoisotopic (exact) mass is 263 g/mol. The zero-order valence-electron chi connectivity index (χ0n) is 11.9. The highest BCUT2D eigenvalue weighted by Gasteiger charge is 2.30. The number of nitrogens with zero attached hydrogens (tertiary/aromatic N) is 1. The van der Waals surface area contributed by atoms with Crippen LogP contribution in [-0.4, -0.2) is 25.8 Å². The topological polar surface area (TPSA) is 32.3 Å². The quantitative estimate of drug-likeness (QED) is 0.443. The van der Waals surface area contributed by atoms with Crippen LogP contribution >= 0.6 is 0 Å². The third kappa shape index (κ3) is 4.03. The van der Waals surface area contributed by atoms with E-state index in [1.54, 1.807) is 0 Å². The summed E-state index contributed by atoms with van der Waals surface area (Å²) < 4.78 is 5.54. The van der Waals surface area contributed by atoms with E-state index in [-0.39, 0.29) is 10.8 Å². The molecule has 3 heteroatoms. The van der Waals surface area contributed by atoms with E-state index < -0.39 is 0 Å². The summed E-state index contributed by atoms with van der Waals surface area (Å²) >= 11 is 0. The molecule has 2 unspecified atom stereocenters. The van der Waals surface area contributed by atoms with Gasteiger partial charge in [0.05, 0.1) is 6.61 Å². The van der Waals surface area contributed by atoms with Crippen LogP contribution < -0.4 is 4.65 Å². The van der Waals surface area contributed by atoms with Crippen LogP contribution in [-0.2, 0) is 4.74 Å². The van der Waals surface area contributed by atoms with Crippen LogP contribution in [0.5, 0.6) is 0 Å². The number of hydrogen-bond acceptors (Lipinski definition) is 2. The van der Waals surface area contributed by atoms with Gasteiger partial charge in [0.25, 0.3) is 0 Å². The Bertz CT molecular complexity index is 368. The lowest BCUT2D eigenvalue weighted by atomic mass is 10.1. The van der Waals surface area contributed by atoms with Crippen molar-refractivity contribution in [2.75, 3.05) is 19.7 Å². The van der Waals surface area contributed by atoms with Crippen molar-refractivity contribution in [2.24, 2.45) is 0 Å². The normalized spacial score (nSPS) is 27.4. The molecule has 0 spiro atoms. The molecular weight excluding hydrogens is 238 g/mol. The first-order valence-electron chi connectivity index (χ1n) is 7.50. The Balaban J connectivity index is 1.89. The van der Waals surface area contributed by atoms with Crippen molar-refractivity contribution in [2.45, 2.75) is 45.1 Å². The Morgan fingerprint density at radius 2 is 2.00 bits per heavy atom. The average molecular weight is 263 g/mol. The minimum absolute atomic E-state index is 0.128. The summed E-state index contributed by atoms with van der Waals surface area (Å²) in [5.41, 5.74) is 0.865. The number of para-hydroxylation sites is 1. The van der Waals surface area contributed by atoms with Gasteiger partial charge in [0.2, 0.25) is 0 Å². The highest BCUT2D eigenvalue weighted by atomic mass is 16.6. The second-order valence-corrected chi connectivity index (χ2v) is 5.47. The van der Waals surface area contributed by atoms with Crippen molar-refractivity contribution >= 4 is 5.69 Å².